The lowest BCUT2D eigenvalue weighted by Gasteiger charge is -2.23. The Kier molecular flexibility index (Phi) is 5.45. The van der Waals surface area contributed by atoms with E-state index in [1.165, 1.54) is 25.9 Å². The van der Waals surface area contributed by atoms with E-state index in [0.717, 1.165) is 50.2 Å². The van der Waals surface area contributed by atoms with Crippen LogP contribution >= 0.6 is 0 Å². The summed E-state index contributed by atoms with van der Waals surface area (Å²) >= 11 is 0. The van der Waals surface area contributed by atoms with E-state index >= 15 is 0 Å². The highest BCUT2D eigenvalue weighted by Crippen LogP contribution is 2.24. The predicted molar refractivity (Wildman–Crippen MR) is 99.2 cm³/mol. The second kappa shape index (κ2) is 8.14. The number of pyridine rings is 1. The molecule has 0 saturated carbocycles. The zero-order valence-electron chi connectivity index (χ0n) is 15.2. The van der Waals surface area contributed by atoms with E-state index in [0.29, 0.717) is 18.2 Å². The number of carbonyl (C=O) groups is 1. The summed E-state index contributed by atoms with van der Waals surface area (Å²) in [6.07, 6.45) is 9.05. The molecule has 7 heteroatoms. The van der Waals surface area contributed by atoms with Crippen molar-refractivity contribution in [3.63, 3.8) is 0 Å². The summed E-state index contributed by atoms with van der Waals surface area (Å²) in [4.78, 5) is 23.8. The Morgan fingerprint density at radius 3 is 2.85 bits per heavy atom. The summed E-state index contributed by atoms with van der Waals surface area (Å²) in [5, 5.41) is 3.00. The highest BCUT2D eigenvalue weighted by atomic mass is 16.5. The normalized spacial score (nSPS) is 19.2. The molecule has 140 valence electrons. The molecule has 2 fully saturated rings. The van der Waals surface area contributed by atoms with Gasteiger partial charge >= 0.3 is 0 Å². The topological polar surface area (TPSA) is 72.3 Å². The molecular weight excluding hydrogens is 330 g/mol. The molecule has 4 rings (SSSR count). The molecule has 7 nitrogen and oxygen atoms in total. The first-order valence-electron chi connectivity index (χ1n) is 9.72. The Labute approximate surface area is 153 Å². The van der Waals surface area contributed by atoms with Gasteiger partial charge in [-0.15, -0.1) is 0 Å². The number of nitrogens with one attached hydrogen (secondary N) is 1. The average Bonchev–Trinajstić information content (AvgIpc) is 3.35. The van der Waals surface area contributed by atoms with Crippen molar-refractivity contribution in [3.8, 4) is 0 Å². The first-order chi connectivity index (χ1) is 12.8. The predicted octanol–water partition coefficient (Wildman–Crippen LogP) is 2.00. The Balaban J connectivity index is 1.35. The number of carbonyl (C=O) groups excluding carboxylic acids is 1. The van der Waals surface area contributed by atoms with Crippen molar-refractivity contribution in [2.45, 2.75) is 38.1 Å². The van der Waals surface area contributed by atoms with Crippen LogP contribution in [0, 0.1) is 0 Å². The van der Waals surface area contributed by atoms with Gasteiger partial charge in [-0.3, -0.25) is 4.79 Å². The molecule has 0 aliphatic carbocycles. The molecule has 1 amide bonds. The number of ether oxygens (including phenoxy) is 1. The van der Waals surface area contributed by atoms with Gasteiger partial charge in [0.1, 0.15) is 5.52 Å². The van der Waals surface area contributed by atoms with Crippen LogP contribution in [0.25, 0.3) is 11.2 Å². The molecule has 2 aromatic rings. The lowest BCUT2D eigenvalue weighted by atomic mass is 10.1. The van der Waals surface area contributed by atoms with Gasteiger partial charge in [-0.1, -0.05) is 0 Å². The molecule has 26 heavy (non-hydrogen) atoms. The second-order valence-corrected chi connectivity index (χ2v) is 7.22. The number of aromatic nitrogens is 3. The van der Waals surface area contributed by atoms with Crippen molar-refractivity contribution in [1.82, 2.24) is 24.8 Å². The molecule has 0 radical (unpaired) electrons. The molecule has 0 spiro atoms. The largest absolute Gasteiger partial charge is 0.381 e. The van der Waals surface area contributed by atoms with Crippen molar-refractivity contribution in [3.05, 3.63) is 24.2 Å². The molecule has 2 aliphatic heterocycles. The Hall–Kier alpha value is -1.99. The average molecular weight is 357 g/mol. The Morgan fingerprint density at radius 2 is 2.04 bits per heavy atom. The van der Waals surface area contributed by atoms with E-state index in [-0.39, 0.29) is 5.91 Å². The van der Waals surface area contributed by atoms with Crippen molar-refractivity contribution in [2.24, 2.45) is 0 Å². The fourth-order valence-corrected chi connectivity index (χ4v) is 3.89. The van der Waals surface area contributed by atoms with Crippen molar-refractivity contribution in [2.75, 3.05) is 39.4 Å². The zero-order chi connectivity index (χ0) is 17.8. The van der Waals surface area contributed by atoms with Crippen LogP contribution in [0.5, 0.6) is 0 Å². The standard InChI is InChI=1S/C19H27N5O2/c25-19(20-6-3-9-23-7-1-2-8-23)15-12-17-18(21-13-15)24(14-22-17)16-4-10-26-11-5-16/h12-14,16H,1-11H2,(H,20,25). The van der Waals surface area contributed by atoms with E-state index in [4.69, 9.17) is 4.74 Å². The third-order valence-corrected chi connectivity index (χ3v) is 5.39. The van der Waals surface area contributed by atoms with Gasteiger partial charge in [-0.25, -0.2) is 9.97 Å². The molecule has 2 aliphatic rings. The summed E-state index contributed by atoms with van der Waals surface area (Å²) < 4.78 is 7.55. The van der Waals surface area contributed by atoms with Gasteiger partial charge in [-0.05, 0) is 57.8 Å². The van der Waals surface area contributed by atoms with Gasteiger partial charge < -0.3 is 19.5 Å². The molecule has 0 bridgehead atoms. The maximum absolute atomic E-state index is 12.4. The molecule has 4 heterocycles. The number of hydrogen-bond acceptors (Lipinski definition) is 5. The van der Waals surface area contributed by atoms with Crippen molar-refractivity contribution in [1.29, 1.82) is 0 Å². The van der Waals surface area contributed by atoms with Crippen LogP contribution < -0.4 is 5.32 Å². The minimum absolute atomic E-state index is 0.0681. The van der Waals surface area contributed by atoms with Crippen LogP contribution in [0.1, 0.15) is 48.5 Å². The fraction of sp³-hybridized carbons (Fsp3) is 0.632. The van der Waals surface area contributed by atoms with Crippen LogP contribution in [0.3, 0.4) is 0 Å². The lowest BCUT2D eigenvalue weighted by Crippen LogP contribution is -2.28. The Bertz CT molecular complexity index is 747. The monoisotopic (exact) mass is 357 g/mol. The SMILES string of the molecule is O=C(NCCCN1CCCC1)c1cnc2c(c1)ncn2C1CCOCC1. The third-order valence-electron chi connectivity index (χ3n) is 5.39. The van der Waals surface area contributed by atoms with E-state index in [1.807, 2.05) is 12.4 Å². The van der Waals surface area contributed by atoms with Crippen LogP contribution in [0.15, 0.2) is 18.6 Å². The van der Waals surface area contributed by atoms with Gasteiger partial charge in [0, 0.05) is 32.0 Å². The van der Waals surface area contributed by atoms with Gasteiger partial charge in [-0.2, -0.15) is 0 Å². The van der Waals surface area contributed by atoms with Gasteiger partial charge in [0.05, 0.1) is 11.9 Å². The minimum atomic E-state index is -0.0681. The first kappa shape index (κ1) is 17.4. The van der Waals surface area contributed by atoms with E-state index in [1.54, 1.807) is 6.20 Å². The summed E-state index contributed by atoms with van der Waals surface area (Å²) in [6.45, 7) is 5.72. The molecule has 2 aromatic heterocycles. The maximum Gasteiger partial charge on any atom is 0.252 e. The number of hydrogen-bond donors (Lipinski definition) is 1. The molecular formula is C19H27N5O2. The van der Waals surface area contributed by atoms with Crippen LogP contribution in [0.2, 0.25) is 0 Å². The summed E-state index contributed by atoms with van der Waals surface area (Å²) in [5.41, 5.74) is 2.21. The van der Waals surface area contributed by atoms with E-state index < -0.39 is 0 Å². The van der Waals surface area contributed by atoms with Gasteiger partial charge in [0.25, 0.3) is 5.91 Å². The highest BCUT2D eigenvalue weighted by molar-refractivity contribution is 5.96. The van der Waals surface area contributed by atoms with Crippen molar-refractivity contribution >= 4 is 17.1 Å². The minimum Gasteiger partial charge on any atom is -0.381 e. The number of imidazole rings is 1. The van der Waals surface area contributed by atoms with Crippen LogP contribution in [0.4, 0.5) is 0 Å². The Morgan fingerprint density at radius 1 is 1.23 bits per heavy atom. The number of nitrogens with zero attached hydrogens (tertiary/aromatic N) is 4. The highest BCUT2D eigenvalue weighted by Gasteiger charge is 2.19. The molecule has 0 atom stereocenters. The quantitative estimate of drug-likeness (QED) is 0.801. The van der Waals surface area contributed by atoms with Gasteiger partial charge in [0.2, 0.25) is 0 Å². The maximum atomic E-state index is 12.4. The molecule has 2 saturated heterocycles. The number of amides is 1. The number of rotatable bonds is 6. The van der Waals surface area contributed by atoms with E-state index in [2.05, 4.69) is 24.8 Å². The molecule has 0 unspecified atom stereocenters. The van der Waals surface area contributed by atoms with E-state index in [9.17, 15) is 4.79 Å². The summed E-state index contributed by atoms with van der Waals surface area (Å²) in [6, 6.07) is 2.22. The van der Waals surface area contributed by atoms with Gasteiger partial charge in [0.15, 0.2) is 5.65 Å². The smallest absolute Gasteiger partial charge is 0.252 e. The van der Waals surface area contributed by atoms with Crippen molar-refractivity contribution < 1.29 is 9.53 Å². The zero-order valence-corrected chi connectivity index (χ0v) is 15.2. The second-order valence-electron chi connectivity index (χ2n) is 7.22. The first-order valence-corrected chi connectivity index (χ1v) is 9.72. The summed E-state index contributed by atoms with van der Waals surface area (Å²) in [7, 11) is 0. The summed E-state index contributed by atoms with van der Waals surface area (Å²) in [5.74, 6) is -0.0681. The fourth-order valence-electron chi connectivity index (χ4n) is 3.89. The number of likely N-dealkylation sites (tertiary alicyclic amines) is 1. The lowest BCUT2D eigenvalue weighted by molar-refractivity contribution is 0.0704. The molecule has 1 N–H and O–H groups in total. The van der Waals surface area contributed by atoms with Crippen LogP contribution in [-0.4, -0.2) is 64.7 Å². The number of fused-ring (bicyclic) bond motifs is 1. The van der Waals surface area contributed by atoms with Crippen LogP contribution in [-0.2, 0) is 4.74 Å². The molecule has 0 aromatic carbocycles. The third kappa shape index (κ3) is 3.88.